The first-order chi connectivity index (χ1) is 11.6. The number of halogens is 3. The molecule has 2 aromatic carbocycles. The molecule has 0 fully saturated rings. The quantitative estimate of drug-likeness (QED) is 0.678. The van der Waals surface area contributed by atoms with Crippen LogP contribution in [-0.2, 0) is 0 Å². The lowest BCUT2D eigenvalue weighted by Gasteiger charge is -2.19. The van der Waals surface area contributed by atoms with Gasteiger partial charge < -0.3 is 5.32 Å². The largest absolute Gasteiger partial charge is 0.341 e. The summed E-state index contributed by atoms with van der Waals surface area (Å²) in [5.74, 6) is -2.89. The lowest BCUT2D eigenvalue weighted by atomic mass is 10.0. The molecule has 0 saturated carbocycles. The summed E-state index contributed by atoms with van der Waals surface area (Å²) in [6.07, 6.45) is 0. The van der Waals surface area contributed by atoms with Gasteiger partial charge in [-0.05, 0) is 52.2 Å². The molecule has 1 unspecified atom stereocenters. The van der Waals surface area contributed by atoms with Crippen LogP contribution in [0.2, 0.25) is 5.02 Å². The fourth-order valence-electron chi connectivity index (χ4n) is 2.34. The van der Waals surface area contributed by atoms with Crippen LogP contribution in [0, 0.1) is 11.6 Å². The van der Waals surface area contributed by atoms with Crippen molar-refractivity contribution in [3.05, 3.63) is 92.6 Å². The van der Waals surface area contributed by atoms with Gasteiger partial charge in [0.25, 0.3) is 5.91 Å². The third kappa shape index (κ3) is 3.47. The van der Waals surface area contributed by atoms with Crippen molar-refractivity contribution in [1.29, 1.82) is 0 Å². The first kappa shape index (κ1) is 16.6. The summed E-state index contributed by atoms with van der Waals surface area (Å²) < 4.78 is 27.2. The van der Waals surface area contributed by atoms with Gasteiger partial charge in [-0.15, -0.1) is 0 Å². The highest BCUT2D eigenvalue weighted by Crippen LogP contribution is 2.26. The molecule has 0 spiro atoms. The smallest absolute Gasteiger partial charge is 0.255 e. The fraction of sp³-hybridized carbons (Fsp3) is 0.0556. The van der Waals surface area contributed by atoms with E-state index in [-0.39, 0.29) is 5.56 Å². The Hall–Kier alpha value is -2.24. The summed E-state index contributed by atoms with van der Waals surface area (Å²) in [6.45, 7) is 0. The van der Waals surface area contributed by atoms with E-state index in [1.807, 2.05) is 16.8 Å². The summed E-state index contributed by atoms with van der Waals surface area (Å²) >= 11 is 7.39. The lowest BCUT2D eigenvalue weighted by Crippen LogP contribution is -2.30. The average Bonchev–Trinajstić information content (AvgIpc) is 3.10. The van der Waals surface area contributed by atoms with E-state index in [9.17, 15) is 13.6 Å². The third-order valence-electron chi connectivity index (χ3n) is 3.55. The Morgan fingerprint density at radius 3 is 2.46 bits per heavy atom. The van der Waals surface area contributed by atoms with Crippen LogP contribution in [0.5, 0.6) is 0 Å². The van der Waals surface area contributed by atoms with Crippen molar-refractivity contribution in [2.75, 3.05) is 0 Å². The van der Waals surface area contributed by atoms with Crippen LogP contribution in [0.3, 0.4) is 0 Å². The summed E-state index contributed by atoms with van der Waals surface area (Å²) in [6, 6.07) is 11.9. The van der Waals surface area contributed by atoms with E-state index in [1.165, 1.54) is 23.5 Å². The zero-order valence-corrected chi connectivity index (χ0v) is 13.9. The topological polar surface area (TPSA) is 29.1 Å². The van der Waals surface area contributed by atoms with Gasteiger partial charge in [0.1, 0.15) is 0 Å². The molecule has 0 saturated heterocycles. The van der Waals surface area contributed by atoms with Gasteiger partial charge in [-0.2, -0.15) is 11.3 Å². The molecule has 1 atom stereocenters. The van der Waals surface area contributed by atoms with E-state index in [4.69, 9.17) is 11.6 Å². The van der Waals surface area contributed by atoms with Crippen LogP contribution in [-0.4, -0.2) is 5.91 Å². The van der Waals surface area contributed by atoms with E-state index in [0.717, 1.165) is 17.2 Å². The second kappa shape index (κ2) is 7.11. The number of rotatable bonds is 4. The summed E-state index contributed by atoms with van der Waals surface area (Å²) in [4.78, 5) is 12.4. The lowest BCUT2D eigenvalue weighted by molar-refractivity contribution is 0.0938. The Morgan fingerprint density at radius 1 is 1.04 bits per heavy atom. The van der Waals surface area contributed by atoms with Gasteiger partial charge in [-0.1, -0.05) is 29.8 Å². The zero-order chi connectivity index (χ0) is 17.1. The number of benzene rings is 2. The number of hydrogen-bond donors (Lipinski definition) is 1. The molecular formula is C18H12ClF2NOS. The summed E-state index contributed by atoms with van der Waals surface area (Å²) in [7, 11) is 0. The van der Waals surface area contributed by atoms with Gasteiger partial charge in [-0.3, -0.25) is 4.79 Å². The van der Waals surface area contributed by atoms with E-state index < -0.39 is 23.6 Å². The van der Waals surface area contributed by atoms with Crippen molar-refractivity contribution < 1.29 is 13.6 Å². The standard InChI is InChI=1S/C18H12ClF2NOS/c19-13-6-4-11(5-7-13)17(12-8-9-24-10-12)22-18(23)14-2-1-3-15(20)16(14)21/h1-10,17H,(H,22,23). The number of carbonyl (C=O) groups is 1. The molecular weight excluding hydrogens is 352 g/mol. The maximum absolute atomic E-state index is 13.8. The maximum Gasteiger partial charge on any atom is 0.255 e. The van der Waals surface area contributed by atoms with Gasteiger partial charge in [0.2, 0.25) is 0 Å². The molecule has 3 aromatic rings. The van der Waals surface area contributed by atoms with Crippen LogP contribution in [0.4, 0.5) is 8.78 Å². The number of nitrogens with one attached hydrogen (secondary N) is 1. The van der Waals surface area contributed by atoms with Crippen LogP contribution in [0.15, 0.2) is 59.3 Å². The highest BCUT2D eigenvalue weighted by molar-refractivity contribution is 7.08. The van der Waals surface area contributed by atoms with Gasteiger partial charge in [0.05, 0.1) is 11.6 Å². The van der Waals surface area contributed by atoms with E-state index in [2.05, 4.69) is 5.32 Å². The minimum Gasteiger partial charge on any atom is -0.341 e. The SMILES string of the molecule is O=C(NC(c1ccc(Cl)cc1)c1ccsc1)c1cccc(F)c1F. The highest BCUT2D eigenvalue weighted by atomic mass is 35.5. The normalized spacial score (nSPS) is 12.0. The van der Waals surface area contributed by atoms with Crippen molar-refractivity contribution >= 4 is 28.8 Å². The van der Waals surface area contributed by atoms with E-state index >= 15 is 0 Å². The molecule has 1 N–H and O–H groups in total. The molecule has 3 rings (SSSR count). The Balaban J connectivity index is 1.94. The minimum absolute atomic E-state index is 0.329. The third-order valence-corrected chi connectivity index (χ3v) is 4.50. The van der Waals surface area contributed by atoms with Crippen molar-refractivity contribution in [3.63, 3.8) is 0 Å². The highest BCUT2D eigenvalue weighted by Gasteiger charge is 2.21. The fourth-order valence-corrected chi connectivity index (χ4v) is 3.15. The predicted molar refractivity (Wildman–Crippen MR) is 91.4 cm³/mol. The number of carbonyl (C=O) groups excluding carboxylic acids is 1. The van der Waals surface area contributed by atoms with Gasteiger partial charge in [0.15, 0.2) is 11.6 Å². The molecule has 1 aromatic heterocycles. The van der Waals surface area contributed by atoms with Gasteiger partial charge in [-0.25, -0.2) is 8.78 Å². The van der Waals surface area contributed by atoms with E-state index in [0.29, 0.717) is 5.02 Å². The Kier molecular flexibility index (Phi) is 4.92. The average molecular weight is 364 g/mol. The Labute approximate surface area is 146 Å². The number of thiophene rings is 1. The van der Waals surface area contributed by atoms with E-state index in [1.54, 1.807) is 24.3 Å². The summed E-state index contributed by atoms with van der Waals surface area (Å²) in [5.41, 5.74) is 1.32. The Bertz CT molecular complexity index is 850. The molecule has 0 radical (unpaired) electrons. The molecule has 0 aliphatic heterocycles. The summed E-state index contributed by atoms with van der Waals surface area (Å²) in [5, 5.41) is 7.10. The second-order valence-electron chi connectivity index (χ2n) is 5.12. The molecule has 0 aliphatic carbocycles. The van der Waals surface area contributed by atoms with Crippen molar-refractivity contribution in [1.82, 2.24) is 5.32 Å². The van der Waals surface area contributed by atoms with Gasteiger partial charge in [0, 0.05) is 5.02 Å². The van der Waals surface area contributed by atoms with Crippen molar-refractivity contribution in [2.24, 2.45) is 0 Å². The molecule has 2 nitrogen and oxygen atoms in total. The molecule has 0 bridgehead atoms. The first-order valence-electron chi connectivity index (χ1n) is 7.08. The minimum atomic E-state index is -1.16. The monoisotopic (exact) mass is 363 g/mol. The van der Waals surface area contributed by atoms with Gasteiger partial charge >= 0.3 is 0 Å². The molecule has 24 heavy (non-hydrogen) atoms. The molecule has 1 heterocycles. The zero-order valence-electron chi connectivity index (χ0n) is 12.3. The molecule has 1 amide bonds. The molecule has 0 aliphatic rings. The van der Waals surface area contributed by atoms with Crippen LogP contribution >= 0.6 is 22.9 Å². The van der Waals surface area contributed by atoms with Crippen molar-refractivity contribution in [3.8, 4) is 0 Å². The van der Waals surface area contributed by atoms with Crippen molar-refractivity contribution in [2.45, 2.75) is 6.04 Å². The second-order valence-corrected chi connectivity index (χ2v) is 6.33. The number of amides is 1. The van der Waals surface area contributed by atoms with Crippen LogP contribution in [0.1, 0.15) is 27.5 Å². The number of hydrogen-bond acceptors (Lipinski definition) is 2. The van der Waals surface area contributed by atoms with Crippen LogP contribution in [0.25, 0.3) is 0 Å². The maximum atomic E-state index is 13.8. The Morgan fingerprint density at radius 2 is 1.79 bits per heavy atom. The predicted octanol–water partition coefficient (Wildman–Crippen LogP) is 5.20. The molecule has 6 heteroatoms. The van der Waals surface area contributed by atoms with Crippen LogP contribution < -0.4 is 5.32 Å². The molecule has 122 valence electrons. The first-order valence-corrected chi connectivity index (χ1v) is 8.41.